The molecule has 6 nitrogen and oxygen atoms in total. The summed E-state index contributed by atoms with van der Waals surface area (Å²) in [6.45, 7) is 5.80. The van der Waals surface area contributed by atoms with Crippen LogP contribution in [0.5, 0.6) is 5.75 Å². The van der Waals surface area contributed by atoms with Crippen molar-refractivity contribution >= 4 is 26.9 Å². The molecule has 0 saturated carbocycles. The summed E-state index contributed by atoms with van der Waals surface area (Å²) in [5.41, 5.74) is 3.62. The largest absolute Gasteiger partial charge is 0.491 e. The Bertz CT molecular complexity index is 1450. The molecular formula is C27H27NO5S. The van der Waals surface area contributed by atoms with E-state index in [1.165, 1.54) is 10.2 Å². The standard InChI is InChI=1S/C27H27NO5S/c1-18(2)33-22-13-14-25-24(16-22)21(12-15-27(29)30)17-28(25)34(31,32)26-7-5-4-6-23(26)20-10-8-19(3)9-11-20/h4-11,13-14,16-18H,12,15H2,1-3H3,(H,29,30). The van der Waals surface area contributed by atoms with Gasteiger partial charge >= 0.3 is 5.97 Å². The van der Waals surface area contributed by atoms with Crippen molar-refractivity contribution in [1.29, 1.82) is 0 Å². The number of rotatable bonds is 8. The first-order chi connectivity index (χ1) is 16.2. The van der Waals surface area contributed by atoms with E-state index in [0.29, 0.717) is 27.8 Å². The summed E-state index contributed by atoms with van der Waals surface area (Å²) >= 11 is 0. The van der Waals surface area contributed by atoms with Crippen LogP contribution >= 0.6 is 0 Å². The van der Waals surface area contributed by atoms with Crippen LogP contribution in [0.25, 0.3) is 22.0 Å². The van der Waals surface area contributed by atoms with Gasteiger partial charge in [0.15, 0.2) is 0 Å². The molecule has 4 aromatic rings. The normalized spacial score (nSPS) is 11.8. The fraction of sp³-hybridized carbons (Fsp3) is 0.222. The highest BCUT2D eigenvalue weighted by Crippen LogP contribution is 2.34. The van der Waals surface area contributed by atoms with E-state index in [1.807, 2.05) is 51.1 Å². The van der Waals surface area contributed by atoms with Gasteiger partial charge in [0, 0.05) is 23.6 Å². The molecule has 0 amide bonds. The summed E-state index contributed by atoms with van der Waals surface area (Å²) in [5.74, 6) is -0.336. The van der Waals surface area contributed by atoms with E-state index in [1.54, 1.807) is 36.4 Å². The number of fused-ring (bicyclic) bond motifs is 1. The topological polar surface area (TPSA) is 85.6 Å². The predicted molar refractivity (Wildman–Crippen MR) is 133 cm³/mol. The van der Waals surface area contributed by atoms with E-state index in [4.69, 9.17) is 4.74 Å². The molecule has 0 radical (unpaired) electrons. The van der Waals surface area contributed by atoms with E-state index in [9.17, 15) is 18.3 Å². The van der Waals surface area contributed by atoms with Crippen molar-refractivity contribution in [3.05, 3.63) is 84.1 Å². The maximum Gasteiger partial charge on any atom is 0.303 e. The zero-order valence-corrected chi connectivity index (χ0v) is 20.2. The van der Waals surface area contributed by atoms with Crippen molar-refractivity contribution in [3.63, 3.8) is 0 Å². The molecular weight excluding hydrogens is 450 g/mol. The van der Waals surface area contributed by atoms with Crippen molar-refractivity contribution in [2.75, 3.05) is 0 Å². The van der Waals surface area contributed by atoms with Crippen molar-refractivity contribution < 1.29 is 23.1 Å². The number of aryl methyl sites for hydroxylation is 2. The highest BCUT2D eigenvalue weighted by atomic mass is 32.2. The summed E-state index contributed by atoms with van der Waals surface area (Å²) in [4.78, 5) is 11.4. The minimum Gasteiger partial charge on any atom is -0.491 e. The lowest BCUT2D eigenvalue weighted by Crippen LogP contribution is -2.13. The molecule has 0 unspecified atom stereocenters. The fourth-order valence-electron chi connectivity index (χ4n) is 4.00. The minimum atomic E-state index is -3.98. The Labute approximate surface area is 199 Å². The van der Waals surface area contributed by atoms with Gasteiger partial charge in [-0.1, -0.05) is 48.0 Å². The van der Waals surface area contributed by atoms with Gasteiger partial charge < -0.3 is 9.84 Å². The van der Waals surface area contributed by atoms with Crippen LogP contribution in [-0.2, 0) is 21.2 Å². The van der Waals surface area contributed by atoms with Gasteiger partial charge in [-0.25, -0.2) is 12.4 Å². The highest BCUT2D eigenvalue weighted by Gasteiger charge is 2.25. The Morgan fingerprint density at radius 2 is 1.74 bits per heavy atom. The van der Waals surface area contributed by atoms with Crippen molar-refractivity contribution in [1.82, 2.24) is 3.97 Å². The molecule has 0 atom stereocenters. The number of aliphatic carboxylic acids is 1. The average Bonchev–Trinajstić information content (AvgIpc) is 3.16. The Morgan fingerprint density at radius 3 is 2.41 bits per heavy atom. The molecule has 34 heavy (non-hydrogen) atoms. The molecule has 0 aliphatic carbocycles. The van der Waals surface area contributed by atoms with E-state index in [0.717, 1.165) is 11.1 Å². The second-order valence-corrected chi connectivity index (χ2v) is 10.3. The number of carboxylic acid groups (broad SMARTS) is 1. The van der Waals surface area contributed by atoms with E-state index >= 15 is 0 Å². The number of ether oxygens (including phenoxy) is 1. The lowest BCUT2D eigenvalue weighted by atomic mass is 10.0. The van der Waals surface area contributed by atoms with Gasteiger partial charge in [-0.2, -0.15) is 0 Å². The second kappa shape index (κ2) is 9.35. The predicted octanol–water partition coefficient (Wildman–Crippen LogP) is 5.66. The summed E-state index contributed by atoms with van der Waals surface area (Å²) in [6.07, 6.45) is 1.59. The molecule has 0 fully saturated rings. The molecule has 1 N–H and O–H groups in total. The molecule has 0 bridgehead atoms. The summed E-state index contributed by atoms with van der Waals surface area (Å²) in [7, 11) is -3.98. The third-order valence-corrected chi connectivity index (χ3v) is 7.32. The van der Waals surface area contributed by atoms with Crippen LogP contribution < -0.4 is 4.74 Å². The van der Waals surface area contributed by atoms with Crippen molar-refractivity contribution in [2.45, 2.75) is 44.6 Å². The number of aromatic nitrogens is 1. The van der Waals surface area contributed by atoms with Crippen LogP contribution in [-0.4, -0.2) is 29.6 Å². The van der Waals surface area contributed by atoms with Gasteiger partial charge in [-0.3, -0.25) is 4.79 Å². The van der Waals surface area contributed by atoms with Crippen molar-refractivity contribution in [3.8, 4) is 16.9 Å². The molecule has 0 aliphatic heterocycles. The van der Waals surface area contributed by atoms with Gasteiger partial charge in [0.1, 0.15) is 5.75 Å². The van der Waals surface area contributed by atoms with Gasteiger partial charge in [0.25, 0.3) is 10.0 Å². The Morgan fingerprint density at radius 1 is 1.03 bits per heavy atom. The molecule has 0 saturated heterocycles. The molecule has 4 rings (SSSR count). The van der Waals surface area contributed by atoms with Gasteiger partial charge in [-0.05, 0) is 62.6 Å². The number of carboxylic acids is 1. The second-order valence-electron chi connectivity index (χ2n) is 8.56. The third kappa shape index (κ3) is 4.70. The lowest BCUT2D eigenvalue weighted by Gasteiger charge is -2.13. The molecule has 176 valence electrons. The van der Waals surface area contributed by atoms with Crippen molar-refractivity contribution in [2.24, 2.45) is 0 Å². The first-order valence-electron chi connectivity index (χ1n) is 11.1. The third-order valence-electron chi connectivity index (χ3n) is 5.59. The van der Waals surface area contributed by atoms with E-state index in [2.05, 4.69) is 0 Å². The van der Waals surface area contributed by atoms with Crippen LogP contribution in [0.1, 0.15) is 31.4 Å². The lowest BCUT2D eigenvalue weighted by molar-refractivity contribution is -0.136. The van der Waals surface area contributed by atoms with Gasteiger partial charge in [-0.15, -0.1) is 0 Å². The zero-order valence-electron chi connectivity index (χ0n) is 19.4. The zero-order chi connectivity index (χ0) is 24.5. The van der Waals surface area contributed by atoms with Crippen LogP contribution in [0, 0.1) is 6.92 Å². The number of hydrogen-bond acceptors (Lipinski definition) is 4. The molecule has 0 spiro atoms. The van der Waals surface area contributed by atoms with Crippen LogP contribution in [0.2, 0.25) is 0 Å². The summed E-state index contributed by atoms with van der Waals surface area (Å²) in [6, 6.07) is 19.9. The monoisotopic (exact) mass is 477 g/mol. The summed E-state index contributed by atoms with van der Waals surface area (Å²) in [5, 5.41) is 9.86. The number of hydrogen-bond donors (Lipinski definition) is 1. The first-order valence-corrected chi connectivity index (χ1v) is 12.5. The highest BCUT2D eigenvalue weighted by molar-refractivity contribution is 7.90. The molecule has 7 heteroatoms. The van der Waals surface area contributed by atoms with Crippen LogP contribution in [0.4, 0.5) is 0 Å². The van der Waals surface area contributed by atoms with Crippen LogP contribution in [0.15, 0.2) is 77.8 Å². The number of carbonyl (C=O) groups is 1. The number of benzene rings is 3. The molecule has 0 aliphatic rings. The fourth-order valence-corrected chi connectivity index (χ4v) is 5.61. The molecule has 1 aromatic heterocycles. The quantitative estimate of drug-likeness (QED) is 0.354. The maximum absolute atomic E-state index is 13.9. The Kier molecular flexibility index (Phi) is 6.48. The van der Waals surface area contributed by atoms with E-state index in [-0.39, 0.29) is 23.8 Å². The van der Waals surface area contributed by atoms with Gasteiger partial charge in [0.2, 0.25) is 0 Å². The Balaban J connectivity index is 1.89. The minimum absolute atomic E-state index is 0.0490. The SMILES string of the molecule is Cc1ccc(-c2ccccc2S(=O)(=O)n2cc(CCC(=O)O)c3cc(OC(C)C)ccc32)cc1. The maximum atomic E-state index is 13.9. The molecule has 1 heterocycles. The summed E-state index contributed by atoms with van der Waals surface area (Å²) < 4.78 is 34.9. The first kappa shape index (κ1) is 23.6. The Hall–Kier alpha value is -3.58. The molecule has 3 aromatic carbocycles. The number of nitrogens with zero attached hydrogens (tertiary/aromatic N) is 1. The average molecular weight is 478 g/mol. The van der Waals surface area contributed by atoms with Crippen LogP contribution in [0.3, 0.4) is 0 Å². The van der Waals surface area contributed by atoms with Gasteiger partial charge in [0.05, 0.1) is 16.5 Å². The smallest absolute Gasteiger partial charge is 0.303 e. The van der Waals surface area contributed by atoms with E-state index < -0.39 is 16.0 Å².